The van der Waals surface area contributed by atoms with Gasteiger partial charge < -0.3 is 5.32 Å². The molecule has 100 valence electrons. The molecular formula is C15H17FN2O. The van der Waals surface area contributed by atoms with Crippen LogP contribution in [-0.2, 0) is 4.79 Å². The Morgan fingerprint density at radius 3 is 2.79 bits per heavy atom. The molecule has 0 aliphatic heterocycles. The largest absolute Gasteiger partial charge is 0.323 e. The summed E-state index contributed by atoms with van der Waals surface area (Å²) in [6, 6.07) is 5.93. The first-order valence-corrected chi connectivity index (χ1v) is 6.44. The van der Waals surface area contributed by atoms with E-state index in [4.69, 9.17) is 5.26 Å². The third-order valence-electron chi connectivity index (χ3n) is 3.93. The molecule has 1 fully saturated rings. The van der Waals surface area contributed by atoms with E-state index in [1.807, 2.05) is 6.07 Å². The van der Waals surface area contributed by atoms with Crippen molar-refractivity contribution in [2.24, 2.45) is 11.3 Å². The van der Waals surface area contributed by atoms with E-state index in [0.717, 1.165) is 25.3 Å². The summed E-state index contributed by atoms with van der Waals surface area (Å²) in [4.78, 5) is 12.2. The molecule has 4 heteroatoms. The van der Waals surface area contributed by atoms with E-state index >= 15 is 0 Å². The summed E-state index contributed by atoms with van der Waals surface area (Å²) >= 11 is 0. The quantitative estimate of drug-likeness (QED) is 0.885. The second kappa shape index (κ2) is 5.00. The smallest absolute Gasteiger partial charge is 0.228 e. The number of nitrogens with one attached hydrogen (secondary N) is 1. The molecule has 0 radical (unpaired) electrons. The van der Waals surface area contributed by atoms with Gasteiger partial charge in [0, 0.05) is 5.92 Å². The Kier molecular flexibility index (Phi) is 3.57. The first-order chi connectivity index (χ1) is 8.94. The van der Waals surface area contributed by atoms with Gasteiger partial charge in [-0.2, -0.15) is 5.26 Å². The Morgan fingerprint density at radius 2 is 2.26 bits per heavy atom. The van der Waals surface area contributed by atoms with Crippen LogP contribution in [0.15, 0.2) is 18.2 Å². The summed E-state index contributed by atoms with van der Waals surface area (Å²) in [5.74, 6) is -0.781. The first-order valence-electron chi connectivity index (χ1n) is 6.44. The van der Waals surface area contributed by atoms with Crippen LogP contribution in [0.25, 0.3) is 0 Å². The van der Waals surface area contributed by atoms with Gasteiger partial charge in [0.05, 0.1) is 17.3 Å². The van der Waals surface area contributed by atoms with Gasteiger partial charge in [-0.3, -0.25) is 4.79 Å². The average Bonchev–Trinajstić information content (AvgIpc) is 2.71. The summed E-state index contributed by atoms with van der Waals surface area (Å²) in [6.07, 6.45) is 2.89. The Labute approximate surface area is 112 Å². The third kappa shape index (κ3) is 2.76. The fourth-order valence-electron chi connectivity index (χ4n) is 2.72. The van der Waals surface area contributed by atoms with E-state index in [2.05, 4.69) is 19.2 Å². The van der Waals surface area contributed by atoms with Gasteiger partial charge in [-0.05, 0) is 36.5 Å². The van der Waals surface area contributed by atoms with Gasteiger partial charge in [-0.15, -0.1) is 0 Å². The predicted molar refractivity (Wildman–Crippen MR) is 70.9 cm³/mol. The van der Waals surface area contributed by atoms with Crippen LogP contribution in [0, 0.1) is 28.5 Å². The molecule has 1 atom stereocenters. The summed E-state index contributed by atoms with van der Waals surface area (Å²) < 4.78 is 13.7. The van der Waals surface area contributed by atoms with Gasteiger partial charge in [0.1, 0.15) is 5.82 Å². The van der Waals surface area contributed by atoms with Crippen LogP contribution in [0.4, 0.5) is 10.1 Å². The molecule has 0 saturated heterocycles. The molecule has 0 aromatic heterocycles. The highest BCUT2D eigenvalue weighted by molar-refractivity contribution is 5.93. The van der Waals surface area contributed by atoms with E-state index in [1.54, 1.807) is 0 Å². The molecule has 19 heavy (non-hydrogen) atoms. The minimum atomic E-state index is -0.566. The van der Waals surface area contributed by atoms with E-state index in [-0.39, 0.29) is 28.5 Å². The number of nitriles is 1. The maximum Gasteiger partial charge on any atom is 0.228 e. The van der Waals surface area contributed by atoms with Crippen molar-refractivity contribution in [3.05, 3.63) is 29.6 Å². The second-order valence-corrected chi connectivity index (χ2v) is 5.73. The van der Waals surface area contributed by atoms with Crippen molar-refractivity contribution < 1.29 is 9.18 Å². The van der Waals surface area contributed by atoms with Crippen LogP contribution in [-0.4, -0.2) is 5.91 Å². The van der Waals surface area contributed by atoms with Crippen molar-refractivity contribution in [2.75, 3.05) is 5.32 Å². The van der Waals surface area contributed by atoms with E-state index in [0.29, 0.717) is 0 Å². The molecule has 1 saturated carbocycles. The molecule has 1 aromatic rings. The number of rotatable bonds is 2. The molecule has 1 aromatic carbocycles. The molecular weight excluding hydrogens is 243 g/mol. The lowest BCUT2D eigenvalue weighted by molar-refractivity contribution is -0.122. The minimum absolute atomic E-state index is 0.0346. The van der Waals surface area contributed by atoms with Crippen molar-refractivity contribution in [3.8, 4) is 6.07 Å². The average molecular weight is 260 g/mol. The standard InChI is InChI=1S/C15H17FN2O/c1-15(2)7-3-4-11(15)14(19)18-13-6-5-10(9-17)8-12(13)16/h5-6,8,11H,3-4,7H2,1-2H3,(H,18,19). The van der Waals surface area contributed by atoms with Gasteiger partial charge in [-0.25, -0.2) is 4.39 Å². The van der Waals surface area contributed by atoms with Crippen LogP contribution in [0.1, 0.15) is 38.7 Å². The fraction of sp³-hybridized carbons (Fsp3) is 0.467. The zero-order valence-corrected chi connectivity index (χ0v) is 11.2. The molecule has 3 nitrogen and oxygen atoms in total. The van der Waals surface area contributed by atoms with Crippen molar-refractivity contribution >= 4 is 11.6 Å². The zero-order valence-electron chi connectivity index (χ0n) is 11.2. The van der Waals surface area contributed by atoms with E-state index in [9.17, 15) is 9.18 Å². The molecule has 1 amide bonds. The number of carbonyl (C=O) groups is 1. The highest BCUT2D eigenvalue weighted by atomic mass is 19.1. The lowest BCUT2D eigenvalue weighted by Gasteiger charge is -2.25. The Bertz CT molecular complexity index is 546. The Morgan fingerprint density at radius 1 is 1.53 bits per heavy atom. The summed E-state index contributed by atoms with van der Waals surface area (Å²) in [5, 5.41) is 11.3. The number of anilines is 1. The first kappa shape index (κ1) is 13.5. The monoisotopic (exact) mass is 260 g/mol. The summed E-state index contributed by atoms with van der Waals surface area (Å²) in [7, 11) is 0. The Balaban J connectivity index is 2.14. The SMILES string of the molecule is CC1(C)CCCC1C(=O)Nc1ccc(C#N)cc1F. The summed E-state index contributed by atoms with van der Waals surface area (Å²) in [6.45, 7) is 4.14. The van der Waals surface area contributed by atoms with E-state index in [1.165, 1.54) is 12.1 Å². The number of halogens is 1. The second-order valence-electron chi connectivity index (χ2n) is 5.73. The van der Waals surface area contributed by atoms with E-state index < -0.39 is 5.82 Å². The molecule has 1 N–H and O–H groups in total. The molecule has 0 heterocycles. The predicted octanol–water partition coefficient (Wildman–Crippen LogP) is 3.46. The number of hydrogen-bond donors (Lipinski definition) is 1. The molecule has 1 aliphatic rings. The number of nitrogens with zero attached hydrogens (tertiary/aromatic N) is 1. The molecule has 2 rings (SSSR count). The van der Waals surface area contributed by atoms with Crippen molar-refractivity contribution in [1.82, 2.24) is 0 Å². The molecule has 1 aliphatic carbocycles. The highest BCUT2D eigenvalue weighted by Crippen LogP contribution is 2.43. The van der Waals surface area contributed by atoms with Gasteiger partial charge in [0.2, 0.25) is 5.91 Å². The highest BCUT2D eigenvalue weighted by Gasteiger charge is 2.39. The molecule has 1 unspecified atom stereocenters. The lowest BCUT2D eigenvalue weighted by atomic mass is 9.81. The van der Waals surface area contributed by atoms with Crippen LogP contribution in [0.5, 0.6) is 0 Å². The van der Waals surface area contributed by atoms with Gasteiger partial charge >= 0.3 is 0 Å². The maximum atomic E-state index is 13.7. The minimum Gasteiger partial charge on any atom is -0.323 e. The van der Waals surface area contributed by atoms with Gasteiger partial charge in [0.15, 0.2) is 0 Å². The number of amides is 1. The number of hydrogen-bond acceptors (Lipinski definition) is 2. The van der Waals surface area contributed by atoms with Crippen LogP contribution in [0.3, 0.4) is 0 Å². The summed E-state index contributed by atoms with van der Waals surface area (Å²) in [5.41, 5.74) is 0.357. The van der Waals surface area contributed by atoms with Crippen molar-refractivity contribution in [1.29, 1.82) is 5.26 Å². The van der Waals surface area contributed by atoms with Gasteiger partial charge in [0.25, 0.3) is 0 Å². The maximum absolute atomic E-state index is 13.7. The van der Waals surface area contributed by atoms with Crippen LogP contribution >= 0.6 is 0 Å². The molecule has 0 spiro atoms. The number of benzene rings is 1. The third-order valence-corrected chi connectivity index (χ3v) is 3.93. The number of carbonyl (C=O) groups excluding carboxylic acids is 1. The Hall–Kier alpha value is -1.89. The van der Waals surface area contributed by atoms with Crippen LogP contribution in [0.2, 0.25) is 0 Å². The zero-order chi connectivity index (χ0) is 14.0. The normalized spacial score (nSPS) is 20.8. The van der Waals surface area contributed by atoms with Gasteiger partial charge in [-0.1, -0.05) is 20.3 Å². The fourth-order valence-corrected chi connectivity index (χ4v) is 2.72. The van der Waals surface area contributed by atoms with Crippen molar-refractivity contribution in [3.63, 3.8) is 0 Å². The topological polar surface area (TPSA) is 52.9 Å². The van der Waals surface area contributed by atoms with Crippen molar-refractivity contribution in [2.45, 2.75) is 33.1 Å². The molecule has 0 bridgehead atoms. The van der Waals surface area contributed by atoms with Crippen LogP contribution < -0.4 is 5.32 Å². The lowest BCUT2D eigenvalue weighted by Crippen LogP contribution is -2.31.